The zero-order valence-electron chi connectivity index (χ0n) is 8.04. The molecule has 0 radical (unpaired) electrons. The van der Waals surface area contributed by atoms with Gasteiger partial charge in [0.15, 0.2) is 0 Å². The first-order valence-electron chi connectivity index (χ1n) is 4.13. The second kappa shape index (κ2) is 4.25. The molecular formula is C10H9F3N2. The van der Waals surface area contributed by atoms with E-state index in [4.69, 9.17) is 0 Å². The summed E-state index contributed by atoms with van der Waals surface area (Å²) in [6.07, 6.45) is -4.41. The summed E-state index contributed by atoms with van der Waals surface area (Å²) in [5.74, 6) is 0. The van der Waals surface area contributed by atoms with Crippen LogP contribution in [-0.4, -0.2) is 18.6 Å². The number of benzene rings is 1. The molecule has 15 heavy (non-hydrogen) atoms. The third kappa shape index (κ3) is 2.90. The highest BCUT2D eigenvalue weighted by Crippen LogP contribution is 2.29. The van der Waals surface area contributed by atoms with Gasteiger partial charge in [0, 0.05) is 0 Å². The second-order valence-electron chi connectivity index (χ2n) is 2.84. The van der Waals surface area contributed by atoms with Crippen LogP contribution in [0.15, 0.2) is 34.3 Å². The van der Waals surface area contributed by atoms with Crippen molar-refractivity contribution in [3.63, 3.8) is 0 Å². The lowest BCUT2D eigenvalue weighted by Crippen LogP contribution is -2.18. The number of halogens is 3. The highest BCUT2D eigenvalue weighted by molar-refractivity contribution is 5.90. The van der Waals surface area contributed by atoms with Crippen LogP contribution >= 0.6 is 0 Å². The van der Waals surface area contributed by atoms with Gasteiger partial charge in [-0.2, -0.15) is 13.2 Å². The topological polar surface area (TPSA) is 24.7 Å². The lowest BCUT2D eigenvalue weighted by molar-refractivity contribution is -0.0591. The Balaban J connectivity index is 3.13. The van der Waals surface area contributed by atoms with Crippen molar-refractivity contribution in [2.75, 3.05) is 0 Å². The normalized spacial score (nSPS) is 12.7. The van der Waals surface area contributed by atoms with Crippen LogP contribution < -0.4 is 0 Å². The molecule has 1 rings (SSSR count). The maximum atomic E-state index is 12.2. The van der Waals surface area contributed by atoms with Crippen LogP contribution in [0.3, 0.4) is 0 Å². The summed E-state index contributed by atoms with van der Waals surface area (Å²) in [7, 11) is 0. The summed E-state index contributed by atoms with van der Waals surface area (Å²) < 4.78 is 36.6. The molecule has 80 valence electrons. The van der Waals surface area contributed by atoms with Gasteiger partial charge in [0.25, 0.3) is 0 Å². The van der Waals surface area contributed by atoms with Gasteiger partial charge in [0.2, 0.25) is 0 Å². The summed E-state index contributed by atoms with van der Waals surface area (Å²) in [4.78, 5) is 7.04. The van der Waals surface area contributed by atoms with Gasteiger partial charge in [-0.1, -0.05) is 12.1 Å². The fourth-order valence-electron chi connectivity index (χ4n) is 0.936. The molecule has 2 nitrogen and oxygen atoms in total. The predicted molar refractivity (Wildman–Crippen MR) is 54.5 cm³/mol. The van der Waals surface area contributed by atoms with Gasteiger partial charge >= 0.3 is 6.18 Å². The van der Waals surface area contributed by atoms with Crippen LogP contribution in [0.4, 0.5) is 24.5 Å². The van der Waals surface area contributed by atoms with Crippen molar-refractivity contribution in [3.8, 4) is 0 Å². The van der Waals surface area contributed by atoms with Crippen molar-refractivity contribution in [2.45, 2.75) is 13.1 Å². The molecule has 0 saturated carbocycles. The Morgan fingerprint density at radius 2 is 1.73 bits per heavy atom. The monoisotopic (exact) mass is 214 g/mol. The van der Waals surface area contributed by atoms with E-state index in [1.54, 1.807) is 18.2 Å². The highest BCUT2D eigenvalue weighted by atomic mass is 19.4. The Labute approximate surface area is 85.2 Å². The number of aliphatic imine (C=N–C) groups is 2. The number of nitrogens with zero attached hydrogens (tertiary/aromatic N) is 2. The highest BCUT2D eigenvalue weighted by Gasteiger charge is 2.31. The van der Waals surface area contributed by atoms with Crippen molar-refractivity contribution in [1.29, 1.82) is 0 Å². The summed E-state index contributed by atoms with van der Waals surface area (Å²) >= 11 is 0. The number of alkyl halides is 3. The molecule has 0 N–H and O–H groups in total. The van der Waals surface area contributed by atoms with E-state index in [-0.39, 0.29) is 5.69 Å². The van der Waals surface area contributed by atoms with E-state index in [9.17, 15) is 13.2 Å². The molecule has 0 heterocycles. The van der Waals surface area contributed by atoms with Crippen molar-refractivity contribution in [3.05, 3.63) is 24.3 Å². The van der Waals surface area contributed by atoms with E-state index in [0.717, 1.165) is 6.92 Å². The minimum absolute atomic E-state index is 0.169. The zero-order valence-corrected chi connectivity index (χ0v) is 8.04. The van der Waals surface area contributed by atoms with Crippen LogP contribution in [0.1, 0.15) is 6.92 Å². The van der Waals surface area contributed by atoms with Gasteiger partial charge in [-0.15, -0.1) is 0 Å². The van der Waals surface area contributed by atoms with Gasteiger partial charge in [-0.25, -0.2) is 4.99 Å². The van der Waals surface area contributed by atoms with Crippen molar-refractivity contribution in [2.24, 2.45) is 9.98 Å². The molecular weight excluding hydrogens is 205 g/mol. The Morgan fingerprint density at radius 1 is 1.20 bits per heavy atom. The third-order valence-corrected chi connectivity index (χ3v) is 1.75. The molecule has 0 spiro atoms. The van der Waals surface area contributed by atoms with Crippen LogP contribution in [0.25, 0.3) is 0 Å². The first kappa shape index (κ1) is 11.4. The Bertz CT molecular complexity index is 394. The quantitative estimate of drug-likeness (QED) is 0.671. The van der Waals surface area contributed by atoms with Crippen molar-refractivity contribution < 1.29 is 13.2 Å². The summed E-state index contributed by atoms with van der Waals surface area (Å²) in [5.41, 5.74) is -0.401. The lowest BCUT2D eigenvalue weighted by atomic mass is 10.2. The Kier molecular flexibility index (Phi) is 3.24. The first-order valence-corrected chi connectivity index (χ1v) is 4.13. The number of rotatable bonds is 2. The fourth-order valence-corrected chi connectivity index (χ4v) is 0.936. The molecule has 0 fully saturated rings. The standard InChI is InChI=1S/C10H9F3N2/c1-7(10(11,12)13)15-9-6-4-3-5-8(9)14-2/h3-6H,2H2,1H3/b15-7+. The molecule has 1 aromatic carbocycles. The van der Waals surface area contributed by atoms with E-state index in [0.29, 0.717) is 5.69 Å². The molecule has 0 saturated heterocycles. The van der Waals surface area contributed by atoms with Gasteiger partial charge in [-0.05, 0) is 25.8 Å². The third-order valence-electron chi connectivity index (χ3n) is 1.75. The van der Waals surface area contributed by atoms with Gasteiger partial charge in [0.05, 0.1) is 11.4 Å². The lowest BCUT2D eigenvalue weighted by Gasteiger charge is -2.06. The largest absolute Gasteiger partial charge is 0.429 e. The maximum absolute atomic E-state index is 12.2. The Hall–Kier alpha value is -1.65. The van der Waals surface area contributed by atoms with Crippen LogP contribution in [-0.2, 0) is 0 Å². The second-order valence-corrected chi connectivity index (χ2v) is 2.84. The van der Waals surface area contributed by atoms with E-state index in [1.165, 1.54) is 6.07 Å². The van der Waals surface area contributed by atoms with Crippen LogP contribution in [0, 0.1) is 0 Å². The molecule has 0 bridgehead atoms. The molecule has 0 aliphatic carbocycles. The summed E-state index contributed by atoms with van der Waals surface area (Å²) in [6, 6.07) is 6.26. The average Bonchev–Trinajstić information content (AvgIpc) is 2.17. The maximum Gasteiger partial charge on any atom is 0.429 e. The molecule has 0 aromatic heterocycles. The molecule has 0 atom stereocenters. The minimum atomic E-state index is -4.41. The zero-order chi connectivity index (χ0) is 11.5. The first-order chi connectivity index (χ1) is 6.95. The van der Waals surface area contributed by atoms with Gasteiger partial charge in [-0.3, -0.25) is 4.99 Å². The van der Waals surface area contributed by atoms with Gasteiger partial charge < -0.3 is 0 Å². The summed E-state index contributed by atoms with van der Waals surface area (Å²) in [6.45, 7) is 4.18. The number of hydrogen-bond donors (Lipinski definition) is 0. The van der Waals surface area contributed by atoms with E-state index in [1.807, 2.05) is 0 Å². The number of para-hydroxylation sites is 2. The fraction of sp³-hybridized carbons (Fsp3) is 0.200. The molecule has 5 heteroatoms. The smallest absolute Gasteiger partial charge is 0.262 e. The van der Waals surface area contributed by atoms with Crippen LogP contribution in [0.5, 0.6) is 0 Å². The van der Waals surface area contributed by atoms with Crippen molar-refractivity contribution in [1.82, 2.24) is 0 Å². The summed E-state index contributed by atoms with van der Waals surface area (Å²) in [5, 5.41) is 0. The average molecular weight is 214 g/mol. The van der Waals surface area contributed by atoms with Crippen LogP contribution in [0.2, 0.25) is 0 Å². The SMILES string of the molecule is C=Nc1ccccc1/N=C(\C)C(F)(F)F. The molecule has 0 unspecified atom stereocenters. The van der Waals surface area contributed by atoms with Crippen molar-refractivity contribution >= 4 is 23.8 Å². The van der Waals surface area contributed by atoms with E-state index in [2.05, 4.69) is 16.7 Å². The molecule has 0 aliphatic heterocycles. The molecule has 1 aromatic rings. The van der Waals surface area contributed by atoms with E-state index >= 15 is 0 Å². The minimum Gasteiger partial charge on any atom is -0.262 e. The van der Waals surface area contributed by atoms with E-state index < -0.39 is 11.9 Å². The number of hydrogen-bond acceptors (Lipinski definition) is 2. The molecule has 0 aliphatic rings. The Morgan fingerprint density at radius 3 is 2.20 bits per heavy atom. The predicted octanol–water partition coefficient (Wildman–Crippen LogP) is 3.67. The molecule has 0 amide bonds. The van der Waals surface area contributed by atoms with Gasteiger partial charge in [0.1, 0.15) is 5.71 Å².